The van der Waals surface area contributed by atoms with E-state index in [9.17, 15) is 0 Å². The minimum Gasteiger partial charge on any atom is -0.192 e. The first-order chi connectivity index (χ1) is 7.83. The van der Waals surface area contributed by atoms with Crippen molar-refractivity contribution in [3.05, 3.63) is 47.0 Å². The minimum atomic E-state index is 0.172. The Kier molecular flexibility index (Phi) is 2.27. The van der Waals surface area contributed by atoms with Crippen LogP contribution in [0.1, 0.15) is 16.7 Å². The molecule has 0 unspecified atom stereocenters. The van der Waals surface area contributed by atoms with E-state index in [1.807, 2.05) is 24.3 Å². The topological polar surface area (TPSA) is 71.4 Å². The minimum absolute atomic E-state index is 0.172. The maximum Gasteiger partial charge on any atom is 0.102 e. The van der Waals surface area contributed by atoms with E-state index in [-0.39, 0.29) is 16.7 Å². The summed E-state index contributed by atoms with van der Waals surface area (Å²) >= 11 is 0. The number of nitrogens with zero attached hydrogens (tertiary/aromatic N) is 3. The van der Waals surface area contributed by atoms with Gasteiger partial charge >= 0.3 is 0 Å². The third kappa shape index (κ3) is 1.19. The van der Waals surface area contributed by atoms with Crippen molar-refractivity contribution in [2.24, 2.45) is 0 Å². The summed E-state index contributed by atoms with van der Waals surface area (Å²) in [4.78, 5) is 0. The van der Waals surface area contributed by atoms with E-state index in [1.165, 1.54) is 0 Å². The van der Waals surface area contributed by atoms with Gasteiger partial charge in [-0.15, -0.1) is 0 Å². The maximum absolute atomic E-state index is 9.03. The van der Waals surface area contributed by atoms with Gasteiger partial charge in [-0.05, 0) is 0 Å². The van der Waals surface area contributed by atoms with Crippen molar-refractivity contribution in [3.63, 3.8) is 0 Å². The van der Waals surface area contributed by atoms with E-state index in [0.29, 0.717) is 11.1 Å². The highest BCUT2D eigenvalue weighted by atomic mass is 14.3. The second-order valence-electron chi connectivity index (χ2n) is 3.20. The van der Waals surface area contributed by atoms with E-state index in [4.69, 9.17) is 15.8 Å². The Labute approximate surface area is 92.7 Å². The molecule has 3 nitrogen and oxygen atoms in total. The van der Waals surface area contributed by atoms with Crippen LogP contribution in [0.3, 0.4) is 0 Å². The third-order valence-corrected chi connectivity index (χ3v) is 2.41. The zero-order chi connectivity index (χ0) is 11.5. The number of hydrogen-bond donors (Lipinski definition) is 0. The fourth-order valence-electron chi connectivity index (χ4n) is 1.72. The van der Waals surface area contributed by atoms with E-state index in [1.54, 1.807) is 24.3 Å². The molecule has 0 aromatic heterocycles. The average Bonchev–Trinajstić information content (AvgIpc) is 2.46. The molecule has 0 fully saturated rings. The van der Waals surface area contributed by atoms with Gasteiger partial charge in [0.05, 0.1) is 16.7 Å². The summed E-state index contributed by atoms with van der Waals surface area (Å²) < 4.78 is 0. The molecule has 0 spiro atoms. The number of hydrogen-bond acceptors (Lipinski definition) is 3. The zero-order valence-electron chi connectivity index (χ0n) is 8.23. The standard InChI is InChI=1S/C13H5N3/c14-6-11-9-4-2-1-3-5-10(9)12(7-15)13(11)8-16/h1-5H. The summed E-state index contributed by atoms with van der Waals surface area (Å²) in [7, 11) is 0. The van der Waals surface area contributed by atoms with Crippen molar-refractivity contribution in [2.45, 2.75) is 0 Å². The van der Waals surface area contributed by atoms with Gasteiger partial charge in [0.25, 0.3) is 0 Å². The fourth-order valence-corrected chi connectivity index (χ4v) is 1.72. The quantitative estimate of drug-likeness (QED) is 0.660. The molecular weight excluding hydrogens is 198 g/mol. The molecule has 0 saturated heterocycles. The molecule has 2 rings (SSSR count). The van der Waals surface area contributed by atoms with Gasteiger partial charge in [0.15, 0.2) is 0 Å². The fraction of sp³-hybridized carbons (Fsp3) is 0. The molecule has 0 aliphatic heterocycles. The first-order valence-corrected chi connectivity index (χ1v) is 4.58. The lowest BCUT2D eigenvalue weighted by molar-refractivity contribution is 1.44. The average molecular weight is 203 g/mol. The Morgan fingerprint density at radius 2 is 1.06 bits per heavy atom. The van der Waals surface area contributed by atoms with E-state index >= 15 is 0 Å². The number of rotatable bonds is 0. The summed E-state index contributed by atoms with van der Waals surface area (Å²) in [6.07, 6.45) is 0. The molecule has 0 bridgehead atoms. The Morgan fingerprint density at radius 1 is 0.625 bits per heavy atom. The molecule has 72 valence electrons. The van der Waals surface area contributed by atoms with Gasteiger partial charge < -0.3 is 0 Å². The monoisotopic (exact) mass is 203 g/mol. The van der Waals surface area contributed by atoms with Gasteiger partial charge in [-0.3, -0.25) is 0 Å². The van der Waals surface area contributed by atoms with Crippen LogP contribution in [0.5, 0.6) is 0 Å². The molecule has 3 heteroatoms. The van der Waals surface area contributed by atoms with Crippen LogP contribution in [0.2, 0.25) is 0 Å². The summed E-state index contributed by atoms with van der Waals surface area (Å²) in [5, 5.41) is 27.0. The van der Waals surface area contributed by atoms with Crippen LogP contribution in [-0.4, -0.2) is 0 Å². The van der Waals surface area contributed by atoms with Gasteiger partial charge in [-0.2, -0.15) is 15.8 Å². The molecule has 0 heterocycles. The molecule has 0 atom stereocenters. The van der Waals surface area contributed by atoms with Crippen molar-refractivity contribution in [1.82, 2.24) is 0 Å². The van der Waals surface area contributed by atoms with E-state index < -0.39 is 0 Å². The summed E-state index contributed by atoms with van der Waals surface area (Å²) in [5.74, 6) is 0. The molecule has 16 heavy (non-hydrogen) atoms. The Bertz CT molecular complexity index is 602. The maximum atomic E-state index is 9.03. The Morgan fingerprint density at radius 3 is 1.44 bits per heavy atom. The number of nitriles is 3. The smallest absolute Gasteiger partial charge is 0.102 e. The molecule has 0 amide bonds. The molecule has 0 radical (unpaired) electrons. The number of fused-ring (bicyclic) bond motifs is 1. The van der Waals surface area contributed by atoms with Crippen molar-refractivity contribution in [2.75, 3.05) is 0 Å². The highest BCUT2D eigenvalue weighted by Gasteiger charge is 2.21. The SMILES string of the molecule is N#Cc1c2cccccc-2c(C#N)c1C#N. The van der Waals surface area contributed by atoms with Crippen LogP contribution in [0.25, 0.3) is 11.1 Å². The second kappa shape index (κ2) is 3.73. The van der Waals surface area contributed by atoms with Crippen LogP contribution in [-0.2, 0) is 0 Å². The highest BCUT2D eigenvalue weighted by molar-refractivity contribution is 5.85. The first kappa shape index (κ1) is 9.71. The Balaban J connectivity index is 3.00. The Hall–Kier alpha value is -2.83. The van der Waals surface area contributed by atoms with E-state index in [0.717, 1.165) is 0 Å². The summed E-state index contributed by atoms with van der Waals surface area (Å²) in [6.45, 7) is 0. The van der Waals surface area contributed by atoms with Crippen molar-refractivity contribution in [3.8, 4) is 29.3 Å². The van der Waals surface area contributed by atoms with Crippen LogP contribution in [0.15, 0.2) is 30.3 Å². The van der Waals surface area contributed by atoms with Crippen molar-refractivity contribution < 1.29 is 0 Å². The molecular formula is C13H5N3. The molecule has 0 aromatic carbocycles. The summed E-state index contributed by atoms with van der Waals surface area (Å²) in [5.41, 5.74) is 2.04. The largest absolute Gasteiger partial charge is 0.192 e. The predicted molar refractivity (Wildman–Crippen MR) is 57.2 cm³/mol. The normalized spacial score (nSPS) is 9.06. The highest BCUT2D eigenvalue weighted by Crippen LogP contribution is 2.34. The predicted octanol–water partition coefficient (Wildman–Crippen LogP) is 2.41. The van der Waals surface area contributed by atoms with Gasteiger partial charge in [0.1, 0.15) is 18.2 Å². The first-order valence-electron chi connectivity index (χ1n) is 4.58. The van der Waals surface area contributed by atoms with Crippen LogP contribution < -0.4 is 0 Å². The van der Waals surface area contributed by atoms with Gasteiger partial charge in [0, 0.05) is 11.1 Å². The molecule has 2 aliphatic rings. The van der Waals surface area contributed by atoms with Gasteiger partial charge in [0.2, 0.25) is 0 Å². The second-order valence-corrected chi connectivity index (χ2v) is 3.20. The van der Waals surface area contributed by atoms with Gasteiger partial charge in [-0.25, -0.2) is 0 Å². The molecule has 0 N–H and O–H groups in total. The van der Waals surface area contributed by atoms with Crippen LogP contribution in [0.4, 0.5) is 0 Å². The van der Waals surface area contributed by atoms with Crippen LogP contribution >= 0.6 is 0 Å². The lowest BCUT2D eigenvalue weighted by Gasteiger charge is -1.91. The van der Waals surface area contributed by atoms with Crippen LogP contribution in [0, 0.1) is 34.0 Å². The zero-order valence-corrected chi connectivity index (χ0v) is 8.23. The summed E-state index contributed by atoms with van der Waals surface area (Å²) in [6, 6.07) is 14.8. The molecule has 0 aromatic rings. The molecule has 2 aliphatic carbocycles. The third-order valence-electron chi connectivity index (χ3n) is 2.41. The van der Waals surface area contributed by atoms with Gasteiger partial charge in [-0.1, -0.05) is 30.3 Å². The molecule has 0 saturated carbocycles. The lowest BCUT2D eigenvalue weighted by Crippen LogP contribution is -1.78. The lowest BCUT2D eigenvalue weighted by atomic mass is 10.1. The van der Waals surface area contributed by atoms with Crippen molar-refractivity contribution in [1.29, 1.82) is 15.8 Å². The van der Waals surface area contributed by atoms with E-state index in [2.05, 4.69) is 0 Å². The van der Waals surface area contributed by atoms with Crippen molar-refractivity contribution >= 4 is 0 Å².